The van der Waals surface area contributed by atoms with Crippen LogP contribution in [0.15, 0.2) is 46.6 Å². The molecule has 1 aliphatic carbocycles. The van der Waals surface area contributed by atoms with Gasteiger partial charge in [-0.2, -0.15) is 0 Å². The van der Waals surface area contributed by atoms with Crippen molar-refractivity contribution in [1.82, 2.24) is 10.3 Å². The summed E-state index contributed by atoms with van der Waals surface area (Å²) in [5, 5.41) is 2.90. The van der Waals surface area contributed by atoms with Crippen LogP contribution in [0.4, 0.5) is 0 Å². The molecule has 120 valence electrons. The summed E-state index contributed by atoms with van der Waals surface area (Å²) in [6.07, 6.45) is 6.48. The molecule has 2 aromatic rings. The Hall–Kier alpha value is -2.36. The van der Waals surface area contributed by atoms with E-state index in [2.05, 4.69) is 10.3 Å². The van der Waals surface area contributed by atoms with E-state index in [4.69, 9.17) is 4.42 Å². The van der Waals surface area contributed by atoms with Crippen LogP contribution in [0, 0.1) is 12.8 Å². The third kappa shape index (κ3) is 4.31. The Morgan fingerprint density at radius 1 is 1.35 bits per heavy atom. The second-order valence-electron chi connectivity index (χ2n) is 6.21. The molecule has 1 fully saturated rings. The molecule has 1 saturated carbocycles. The first-order chi connectivity index (χ1) is 11.1. The maximum Gasteiger partial charge on any atom is 0.243 e. The molecule has 0 spiro atoms. The molecule has 1 aromatic heterocycles. The molecule has 23 heavy (non-hydrogen) atoms. The fraction of sp³-hybridized carbons (Fsp3) is 0.368. The smallest absolute Gasteiger partial charge is 0.243 e. The number of oxazole rings is 1. The van der Waals surface area contributed by atoms with Crippen LogP contribution in [-0.4, -0.2) is 17.4 Å². The van der Waals surface area contributed by atoms with Crippen LogP contribution in [0.3, 0.4) is 0 Å². The average Bonchev–Trinajstić information content (AvgIpc) is 3.28. The van der Waals surface area contributed by atoms with Gasteiger partial charge in [0.1, 0.15) is 6.26 Å². The van der Waals surface area contributed by atoms with Crippen molar-refractivity contribution in [2.24, 2.45) is 5.92 Å². The fourth-order valence-electron chi connectivity index (χ4n) is 2.48. The van der Waals surface area contributed by atoms with Crippen molar-refractivity contribution >= 4 is 5.91 Å². The summed E-state index contributed by atoms with van der Waals surface area (Å²) in [5.41, 5.74) is 4.21. The number of carbonyl (C=O) groups excluding carboxylic acids is 1. The summed E-state index contributed by atoms with van der Waals surface area (Å²) in [6, 6.07) is 8.07. The highest BCUT2D eigenvalue weighted by atomic mass is 16.3. The van der Waals surface area contributed by atoms with Gasteiger partial charge in [0.2, 0.25) is 11.8 Å². The Kier molecular flexibility index (Phi) is 4.60. The van der Waals surface area contributed by atoms with E-state index in [-0.39, 0.29) is 5.91 Å². The Bertz CT molecular complexity index is 709. The SMILES string of the molecule is C/C(=C\C(=O)NCCc1coc(-c2ccc(C)cc2)n1)C1CC1. The Labute approximate surface area is 136 Å². The van der Waals surface area contributed by atoms with Crippen LogP contribution in [0.2, 0.25) is 0 Å². The van der Waals surface area contributed by atoms with E-state index in [0.29, 0.717) is 24.8 Å². The molecular weight excluding hydrogens is 288 g/mol. The van der Waals surface area contributed by atoms with Crippen molar-refractivity contribution in [3.63, 3.8) is 0 Å². The van der Waals surface area contributed by atoms with E-state index in [9.17, 15) is 4.79 Å². The van der Waals surface area contributed by atoms with Gasteiger partial charge in [-0.1, -0.05) is 23.3 Å². The summed E-state index contributed by atoms with van der Waals surface area (Å²) < 4.78 is 5.52. The molecule has 4 nitrogen and oxygen atoms in total. The first-order valence-corrected chi connectivity index (χ1v) is 8.09. The number of nitrogens with one attached hydrogen (secondary N) is 1. The number of amides is 1. The molecule has 4 heteroatoms. The molecule has 0 unspecified atom stereocenters. The highest BCUT2D eigenvalue weighted by Crippen LogP contribution is 2.35. The summed E-state index contributed by atoms with van der Waals surface area (Å²) in [5.74, 6) is 1.24. The van der Waals surface area contributed by atoms with Crippen molar-refractivity contribution in [3.8, 4) is 11.5 Å². The predicted molar refractivity (Wildman–Crippen MR) is 89.9 cm³/mol. The third-order valence-electron chi connectivity index (χ3n) is 4.11. The normalized spacial score (nSPS) is 14.8. The van der Waals surface area contributed by atoms with E-state index < -0.39 is 0 Å². The Balaban J connectivity index is 1.50. The minimum Gasteiger partial charge on any atom is -0.444 e. The molecule has 3 rings (SSSR count). The van der Waals surface area contributed by atoms with Gasteiger partial charge >= 0.3 is 0 Å². The van der Waals surface area contributed by atoms with E-state index in [1.54, 1.807) is 12.3 Å². The number of benzene rings is 1. The summed E-state index contributed by atoms with van der Waals surface area (Å²) in [6.45, 7) is 4.64. The second-order valence-corrected chi connectivity index (χ2v) is 6.21. The zero-order chi connectivity index (χ0) is 16.2. The monoisotopic (exact) mass is 310 g/mol. The van der Waals surface area contributed by atoms with Crippen LogP contribution in [0.5, 0.6) is 0 Å². The quantitative estimate of drug-likeness (QED) is 0.828. The molecule has 0 atom stereocenters. The minimum absolute atomic E-state index is 0.0170. The molecular formula is C19H22N2O2. The third-order valence-corrected chi connectivity index (χ3v) is 4.11. The molecule has 1 aliphatic rings. The van der Waals surface area contributed by atoms with Gasteiger partial charge in [0.15, 0.2) is 0 Å². The van der Waals surface area contributed by atoms with Gasteiger partial charge in [-0.25, -0.2) is 4.98 Å². The molecule has 0 aliphatic heterocycles. The van der Waals surface area contributed by atoms with Crippen molar-refractivity contribution in [1.29, 1.82) is 0 Å². The van der Waals surface area contributed by atoms with Gasteiger partial charge in [0, 0.05) is 24.6 Å². The first-order valence-electron chi connectivity index (χ1n) is 8.09. The molecule has 1 aromatic carbocycles. The lowest BCUT2D eigenvalue weighted by atomic mass is 10.1. The van der Waals surface area contributed by atoms with Crippen LogP contribution in [0.1, 0.15) is 31.0 Å². The summed E-state index contributed by atoms with van der Waals surface area (Å²) >= 11 is 0. The number of allylic oxidation sites excluding steroid dienone is 1. The summed E-state index contributed by atoms with van der Waals surface area (Å²) in [7, 11) is 0. The lowest BCUT2D eigenvalue weighted by Crippen LogP contribution is -2.24. The van der Waals surface area contributed by atoms with Gasteiger partial charge in [-0.15, -0.1) is 0 Å². The highest BCUT2D eigenvalue weighted by Gasteiger charge is 2.23. The van der Waals surface area contributed by atoms with Gasteiger partial charge < -0.3 is 9.73 Å². The predicted octanol–water partition coefficient (Wildman–Crippen LogP) is 3.67. The van der Waals surface area contributed by atoms with Crippen LogP contribution in [-0.2, 0) is 11.2 Å². The van der Waals surface area contributed by atoms with Gasteiger partial charge in [-0.3, -0.25) is 4.79 Å². The van der Waals surface area contributed by atoms with Crippen molar-refractivity contribution in [2.45, 2.75) is 33.1 Å². The Morgan fingerprint density at radius 2 is 2.09 bits per heavy atom. The fourth-order valence-corrected chi connectivity index (χ4v) is 2.48. The molecule has 0 radical (unpaired) electrons. The molecule has 1 amide bonds. The van der Waals surface area contributed by atoms with Crippen LogP contribution < -0.4 is 5.32 Å². The first kappa shape index (κ1) is 15.5. The number of nitrogens with zero attached hydrogens (tertiary/aromatic N) is 1. The molecule has 0 saturated heterocycles. The number of hydrogen-bond acceptors (Lipinski definition) is 3. The number of rotatable bonds is 6. The number of aromatic nitrogens is 1. The second kappa shape index (κ2) is 6.82. The van der Waals surface area contributed by atoms with Crippen molar-refractivity contribution < 1.29 is 9.21 Å². The summed E-state index contributed by atoms with van der Waals surface area (Å²) in [4.78, 5) is 16.3. The van der Waals surface area contributed by atoms with Gasteiger partial charge in [0.25, 0.3) is 0 Å². The van der Waals surface area contributed by atoms with E-state index >= 15 is 0 Å². The van der Waals surface area contributed by atoms with E-state index in [0.717, 1.165) is 11.3 Å². The Morgan fingerprint density at radius 3 is 2.78 bits per heavy atom. The number of hydrogen-bond donors (Lipinski definition) is 1. The van der Waals surface area contributed by atoms with E-state index in [1.807, 2.05) is 38.1 Å². The zero-order valence-corrected chi connectivity index (χ0v) is 13.6. The molecule has 1 heterocycles. The van der Waals surface area contributed by atoms with E-state index in [1.165, 1.54) is 24.0 Å². The largest absolute Gasteiger partial charge is 0.444 e. The maximum absolute atomic E-state index is 11.8. The van der Waals surface area contributed by atoms with Crippen molar-refractivity contribution in [2.75, 3.05) is 6.54 Å². The molecule has 0 bridgehead atoms. The number of aryl methyl sites for hydroxylation is 1. The average molecular weight is 310 g/mol. The molecule has 1 N–H and O–H groups in total. The lowest BCUT2D eigenvalue weighted by Gasteiger charge is -2.01. The van der Waals surface area contributed by atoms with Crippen LogP contribution >= 0.6 is 0 Å². The number of carbonyl (C=O) groups is 1. The van der Waals surface area contributed by atoms with Crippen molar-refractivity contribution in [3.05, 3.63) is 53.4 Å². The highest BCUT2D eigenvalue weighted by molar-refractivity contribution is 5.88. The lowest BCUT2D eigenvalue weighted by molar-refractivity contribution is -0.116. The topological polar surface area (TPSA) is 55.1 Å². The standard InChI is InChI=1S/C19H22N2O2/c1-13-3-5-16(6-4-13)19-21-17(12-23-19)9-10-20-18(22)11-14(2)15-7-8-15/h3-6,11-12,15H,7-10H2,1-2H3,(H,20,22)/b14-11+. The van der Waals surface area contributed by atoms with Gasteiger partial charge in [0.05, 0.1) is 5.69 Å². The maximum atomic E-state index is 11.8. The van der Waals surface area contributed by atoms with Crippen LogP contribution in [0.25, 0.3) is 11.5 Å². The minimum atomic E-state index is -0.0170. The van der Waals surface area contributed by atoms with Gasteiger partial charge in [-0.05, 0) is 44.7 Å². The zero-order valence-electron chi connectivity index (χ0n) is 13.6.